The van der Waals surface area contributed by atoms with Gasteiger partial charge in [0.05, 0.1) is 29.8 Å². The molecule has 0 radical (unpaired) electrons. The fourth-order valence-corrected chi connectivity index (χ4v) is 6.37. The zero-order valence-electron chi connectivity index (χ0n) is 23.6. The molecule has 0 spiro atoms. The zero-order chi connectivity index (χ0) is 29.5. The lowest BCUT2D eigenvalue weighted by molar-refractivity contribution is 0.0927. The number of anilines is 1. The first kappa shape index (κ1) is 27.5. The maximum atomic E-state index is 11.8. The number of fused-ring (bicyclic) bond motifs is 1. The summed E-state index contributed by atoms with van der Waals surface area (Å²) in [6, 6.07) is 11.8. The van der Waals surface area contributed by atoms with E-state index in [1.54, 1.807) is 6.07 Å². The van der Waals surface area contributed by atoms with Crippen molar-refractivity contribution in [3.8, 4) is 28.8 Å². The molecule has 222 valence electrons. The number of halogens is 1. The van der Waals surface area contributed by atoms with Gasteiger partial charge in [0.15, 0.2) is 5.65 Å². The monoisotopic (exact) mass is 602 g/mol. The molecule has 0 bridgehead atoms. The van der Waals surface area contributed by atoms with E-state index in [2.05, 4.69) is 43.6 Å². The van der Waals surface area contributed by atoms with Crippen molar-refractivity contribution >= 4 is 28.7 Å². The number of ether oxygens (including phenoxy) is 1. The molecule has 1 atom stereocenters. The Bertz CT molecular complexity index is 1810. The number of imidazole rings is 1. The minimum atomic E-state index is -0.732. The van der Waals surface area contributed by atoms with Crippen molar-refractivity contribution in [1.29, 1.82) is 0 Å². The summed E-state index contributed by atoms with van der Waals surface area (Å²) in [5.41, 5.74) is 2.85. The highest BCUT2D eigenvalue weighted by molar-refractivity contribution is 6.30. The van der Waals surface area contributed by atoms with Gasteiger partial charge >= 0.3 is 5.76 Å². The van der Waals surface area contributed by atoms with Crippen LogP contribution in [-0.4, -0.2) is 59.5 Å². The van der Waals surface area contributed by atoms with Crippen molar-refractivity contribution in [2.45, 2.75) is 45.2 Å². The van der Waals surface area contributed by atoms with Crippen LogP contribution in [0.2, 0.25) is 5.02 Å². The van der Waals surface area contributed by atoms with Gasteiger partial charge in [0, 0.05) is 19.3 Å². The van der Waals surface area contributed by atoms with Crippen LogP contribution < -0.4 is 10.7 Å². The number of nitrogens with one attached hydrogen (secondary N) is 1. The van der Waals surface area contributed by atoms with E-state index in [1.165, 1.54) is 19.0 Å². The molecule has 0 amide bonds. The highest BCUT2D eigenvalue weighted by atomic mass is 35.5. The summed E-state index contributed by atoms with van der Waals surface area (Å²) < 4.78 is 12.9. The normalized spacial score (nSPS) is 21.0. The van der Waals surface area contributed by atoms with E-state index in [-0.39, 0.29) is 23.6 Å². The van der Waals surface area contributed by atoms with Crippen molar-refractivity contribution in [3.05, 3.63) is 63.7 Å². The molecule has 2 N–H and O–H groups in total. The van der Waals surface area contributed by atoms with Crippen LogP contribution in [0.5, 0.6) is 5.88 Å². The molecule has 13 heteroatoms. The standard InChI is InChI=1S/C30H31ClN8O4/c1-17-7-9-18(10-8-17)15-39-24-23(21-13-20(31)14-32-28(21)40)33-26(27-36-30(41)43-37-27)34-25(24)35-29(39)38-11-12-42-16-22(38)19-5-3-2-4-6-19/h2-6,13-14,17-18,22H,7-12,15-16H2,1H3,(H,32,40)(H,36,37,41)/t17-,18-,22-/m0/s1. The van der Waals surface area contributed by atoms with Crippen molar-refractivity contribution in [2.24, 2.45) is 11.8 Å². The topological polar surface area (TPSA) is 148 Å². The predicted molar refractivity (Wildman–Crippen MR) is 160 cm³/mol. The Morgan fingerprint density at radius 3 is 2.70 bits per heavy atom. The second-order valence-corrected chi connectivity index (χ2v) is 11.8. The van der Waals surface area contributed by atoms with Gasteiger partial charge in [-0.25, -0.2) is 19.7 Å². The van der Waals surface area contributed by atoms with Crippen LogP contribution in [0, 0.1) is 11.8 Å². The summed E-state index contributed by atoms with van der Waals surface area (Å²) in [5.74, 6) is 1.04. The van der Waals surface area contributed by atoms with Gasteiger partial charge in [0.2, 0.25) is 23.5 Å². The number of H-pyrrole nitrogens is 1. The zero-order valence-corrected chi connectivity index (χ0v) is 24.4. The molecule has 5 heterocycles. The highest BCUT2D eigenvalue weighted by Gasteiger charge is 2.33. The first-order valence-corrected chi connectivity index (χ1v) is 14.9. The van der Waals surface area contributed by atoms with Crippen LogP contribution in [0.15, 0.2) is 51.9 Å². The highest BCUT2D eigenvalue weighted by Crippen LogP contribution is 2.40. The molecule has 1 saturated carbocycles. The number of hydrogen-bond acceptors (Lipinski definition) is 10. The van der Waals surface area contributed by atoms with E-state index < -0.39 is 5.76 Å². The van der Waals surface area contributed by atoms with Crippen LogP contribution in [0.4, 0.5) is 5.95 Å². The number of benzene rings is 1. The third kappa shape index (κ3) is 5.36. The van der Waals surface area contributed by atoms with Crippen LogP contribution in [-0.2, 0) is 11.3 Å². The Hall–Kier alpha value is -4.29. The number of nitrogens with zero attached hydrogens (tertiary/aromatic N) is 7. The molecule has 7 rings (SSSR count). The number of aromatic nitrogens is 7. The maximum Gasteiger partial charge on any atom is 0.439 e. The molecule has 1 aromatic carbocycles. The van der Waals surface area contributed by atoms with Gasteiger partial charge in [-0.2, -0.15) is 4.98 Å². The number of hydrogen-bond donors (Lipinski definition) is 2. The molecule has 4 aromatic heterocycles. The van der Waals surface area contributed by atoms with Gasteiger partial charge in [-0.15, -0.1) is 0 Å². The van der Waals surface area contributed by atoms with Crippen molar-refractivity contribution < 1.29 is 14.4 Å². The van der Waals surface area contributed by atoms with E-state index in [0.717, 1.165) is 24.4 Å². The smallest absolute Gasteiger partial charge is 0.439 e. The van der Waals surface area contributed by atoms with E-state index in [4.69, 9.17) is 35.8 Å². The Morgan fingerprint density at radius 2 is 1.93 bits per heavy atom. The van der Waals surface area contributed by atoms with Gasteiger partial charge < -0.3 is 19.3 Å². The van der Waals surface area contributed by atoms with Crippen LogP contribution in [0.25, 0.3) is 34.1 Å². The van der Waals surface area contributed by atoms with E-state index >= 15 is 0 Å². The van der Waals surface area contributed by atoms with Gasteiger partial charge in [0.25, 0.3) is 0 Å². The SMILES string of the molecule is C[C@H]1CC[C@H](Cn2c(N3CCOC[C@H]3c3ccccc3)nc3nc(-c4noc(=O)[nH]4)nc(-c4cc(Cl)cnc4O)c32)CC1. The van der Waals surface area contributed by atoms with Gasteiger partial charge in [-0.3, -0.25) is 9.51 Å². The molecule has 5 aromatic rings. The largest absolute Gasteiger partial charge is 0.493 e. The molecule has 2 aliphatic rings. The molecule has 1 aliphatic carbocycles. The lowest BCUT2D eigenvalue weighted by atomic mass is 9.83. The third-order valence-corrected chi connectivity index (χ3v) is 8.68. The second-order valence-electron chi connectivity index (χ2n) is 11.4. The van der Waals surface area contributed by atoms with Crippen molar-refractivity contribution in [2.75, 3.05) is 24.7 Å². The Labute approximate surface area is 251 Å². The molecule has 43 heavy (non-hydrogen) atoms. The van der Waals surface area contributed by atoms with Crippen LogP contribution in [0.1, 0.15) is 44.2 Å². The molecule has 0 unspecified atom stereocenters. The fourth-order valence-electron chi connectivity index (χ4n) is 6.21. The average molecular weight is 603 g/mol. The van der Waals surface area contributed by atoms with E-state index in [9.17, 15) is 9.90 Å². The Balaban J connectivity index is 1.47. The summed E-state index contributed by atoms with van der Waals surface area (Å²) >= 11 is 6.36. The van der Waals surface area contributed by atoms with Crippen molar-refractivity contribution in [3.63, 3.8) is 0 Å². The number of rotatable bonds is 6. The van der Waals surface area contributed by atoms with Crippen LogP contribution >= 0.6 is 11.6 Å². The number of aromatic hydroxyl groups is 1. The quantitative estimate of drug-likeness (QED) is 0.272. The lowest BCUT2D eigenvalue weighted by Gasteiger charge is -2.37. The first-order valence-electron chi connectivity index (χ1n) is 14.5. The third-order valence-electron chi connectivity index (χ3n) is 8.47. The second kappa shape index (κ2) is 11.4. The summed E-state index contributed by atoms with van der Waals surface area (Å²) in [5, 5.41) is 15.1. The van der Waals surface area contributed by atoms with Gasteiger partial charge in [0.1, 0.15) is 11.2 Å². The molecule has 2 fully saturated rings. The summed E-state index contributed by atoms with van der Waals surface area (Å²) in [6.45, 7) is 4.69. The predicted octanol–water partition coefficient (Wildman–Crippen LogP) is 4.99. The molecule has 12 nitrogen and oxygen atoms in total. The lowest BCUT2D eigenvalue weighted by Crippen LogP contribution is -2.41. The molecule has 1 aliphatic heterocycles. The van der Waals surface area contributed by atoms with Gasteiger partial charge in [-0.05, 0) is 36.3 Å². The van der Waals surface area contributed by atoms with Crippen molar-refractivity contribution in [1.82, 2.24) is 34.6 Å². The number of morpholine rings is 1. The first-order chi connectivity index (χ1) is 20.9. The summed E-state index contributed by atoms with van der Waals surface area (Å²) in [6.07, 6.45) is 5.92. The molecule has 1 saturated heterocycles. The number of pyridine rings is 1. The minimum Gasteiger partial charge on any atom is -0.493 e. The minimum absolute atomic E-state index is 0.0496. The summed E-state index contributed by atoms with van der Waals surface area (Å²) in [7, 11) is 0. The fraction of sp³-hybridized carbons (Fsp3) is 0.400. The van der Waals surface area contributed by atoms with Gasteiger partial charge in [-0.1, -0.05) is 66.9 Å². The Kier molecular flexibility index (Phi) is 7.31. The van der Waals surface area contributed by atoms with E-state index in [1.807, 2.05) is 18.2 Å². The maximum absolute atomic E-state index is 11.8. The molecular weight excluding hydrogens is 572 g/mol. The average Bonchev–Trinajstić information content (AvgIpc) is 3.63. The summed E-state index contributed by atoms with van der Waals surface area (Å²) in [4.78, 5) is 35.3. The molecular formula is C30H31ClN8O4. The number of aromatic amines is 1. The van der Waals surface area contributed by atoms with E-state index in [0.29, 0.717) is 65.6 Å². The Morgan fingerprint density at radius 1 is 1.12 bits per heavy atom. The van der Waals surface area contributed by atoms with Crippen LogP contribution in [0.3, 0.4) is 0 Å².